The van der Waals surface area contributed by atoms with Crippen LogP contribution >= 0.6 is 11.6 Å². The maximum atomic E-state index is 11.9. The predicted molar refractivity (Wildman–Crippen MR) is 78.8 cm³/mol. The van der Waals surface area contributed by atoms with Crippen molar-refractivity contribution in [2.75, 3.05) is 45.1 Å². The van der Waals surface area contributed by atoms with Gasteiger partial charge in [-0.1, -0.05) is 17.7 Å². The van der Waals surface area contributed by atoms with Crippen molar-refractivity contribution >= 4 is 23.2 Å². The van der Waals surface area contributed by atoms with E-state index in [2.05, 4.69) is 22.2 Å². The van der Waals surface area contributed by atoms with Crippen LogP contribution in [-0.4, -0.2) is 55.5 Å². The topological polar surface area (TPSA) is 35.6 Å². The van der Waals surface area contributed by atoms with Crippen molar-refractivity contribution in [1.29, 1.82) is 0 Å². The number of nitrogens with zero attached hydrogens (tertiary/aromatic N) is 2. The average molecular weight is 282 g/mol. The lowest BCUT2D eigenvalue weighted by Crippen LogP contribution is -2.47. The van der Waals surface area contributed by atoms with Crippen molar-refractivity contribution in [2.24, 2.45) is 0 Å². The molecule has 0 aromatic heterocycles. The van der Waals surface area contributed by atoms with Crippen LogP contribution in [0.15, 0.2) is 18.2 Å². The van der Waals surface area contributed by atoms with Gasteiger partial charge in [0.05, 0.1) is 6.54 Å². The Balaban J connectivity index is 1.85. The minimum atomic E-state index is 0.0180. The molecule has 0 atom stereocenters. The smallest absolute Gasteiger partial charge is 0.238 e. The highest BCUT2D eigenvalue weighted by atomic mass is 35.5. The molecule has 2 rings (SSSR count). The van der Waals surface area contributed by atoms with Gasteiger partial charge in [0.25, 0.3) is 0 Å². The number of aryl methyl sites for hydroxylation is 1. The van der Waals surface area contributed by atoms with E-state index in [0.717, 1.165) is 37.4 Å². The molecule has 1 aliphatic rings. The summed E-state index contributed by atoms with van der Waals surface area (Å²) in [5.41, 5.74) is 1.77. The van der Waals surface area contributed by atoms with Gasteiger partial charge in [-0.3, -0.25) is 9.69 Å². The van der Waals surface area contributed by atoms with Crippen LogP contribution in [0.5, 0.6) is 0 Å². The lowest BCUT2D eigenvalue weighted by atomic mass is 10.2. The molecule has 1 heterocycles. The van der Waals surface area contributed by atoms with E-state index in [1.165, 1.54) is 0 Å². The van der Waals surface area contributed by atoms with Gasteiger partial charge in [-0.15, -0.1) is 0 Å². The highest BCUT2D eigenvalue weighted by Crippen LogP contribution is 2.19. The van der Waals surface area contributed by atoms with Crippen molar-refractivity contribution in [1.82, 2.24) is 9.80 Å². The molecule has 5 heteroatoms. The minimum absolute atomic E-state index is 0.0180. The molecule has 1 saturated heterocycles. The second-order valence-corrected chi connectivity index (χ2v) is 5.50. The zero-order valence-corrected chi connectivity index (χ0v) is 12.2. The Bertz CT molecular complexity index is 456. The van der Waals surface area contributed by atoms with E-state index in [9.17, 15) is 4.79 Å². The summed E-state index contributed by atoms with van der Waals surface area (Å²) in [5.74, 6) is 0.0180. The van der Waals surface area contributed by atoms with Gasteiger partial charge in [-0.05, 0) is 31.7 Å². The number of rotatable bonds is 3. The van der Waals surface area contributed by atoms with Crippen LogP contribution in [0, 0.1) is 6.92 Å². The van der Waals surface area contributed by atoms with Gasteiger partial charge < -0.3 is 10.2 Å². The number of anilines is 1. The molecule has 0 unspecified atom stereocenters. The third kappa shape index (κ3) is 4.20. The summed E-state index contributed by atoms with van der Waals surface area (Å²) in [6, 6.07) is 5.58. The number of amides is 1. The fourth-order valence-corrected chi connectivity index (χ4v) is 2.26. The van der Waals surface area contributed by atoms with E-state index in [0.29, 0.717) is 11.6 Å². The predicted octanol–water partition coefficient (Wildman–Crippen LogP) is 1.83. The molecule has 1 fully saturated rings. The van der Waals surface area contributed by atoms with E-state index in [4.69, 9.17) is 11.6 Å². The third-order valence-electron chi connectivity index (χ3n) is 3.42. The number of hydrogen-bond donors (Lipinski definition) is 1. The van der Waals surface area contributed by atoms with E-state index >= 15 is 0 Å². The Morgan fingerprint density at radius 2 is 2.00 bits per heavy atom. The highest BCUT2D eigenvalue weighted by Gasteiger charge is 2.16. The Hall–Kier alpha value is -1.10. The van der Waals surface area contributed by atoms with Gasteiger partial charge >= 0.3 is 0 Å². The summed E-state index contributed by atoms with van der Waals surface area (Å²) in [6.07, 6.45) is 0. The molecule has 104 valence electrons. The van der Waals surface area contributed by atoms with Crippen LogP contribution < -0.4 is 5.32 Å². The summed E-state index contributed by atoms with van der Waals surface area (Å²) in [5, 5.41) is 3.57. The molecule has 1 aromatic rings. The molecule has 0 saturated carbocycles. The van der Waals surface area contributed by atoms with Gasteiger partial charge in [-0.2, -0.15) is 0 Å². The fourth-order valence-electron chi connectivity index (χ4n) is 2.08. The molecule has 1 aliphatic heterocycles. The second-order valence-electron chi connectivity index (χ2n) is 5.09. The van der Waals surface area contributed by atoms with Crippen LogP contribution in [0.3, 0.4) is 0 Å². The monoisotopic (exact) mass is 281 g/mol. The summed E-state index contributed by atoms with van der Waals surface area (Å²) < 4.78 is 0. The number of carbonyl (C=O) groups excluding carboxylic acids is 1. The number of hydrogen-bond acceptors (Lipinski definition) is 3. The third-order valence-corrected chi connectivity index (χ3v) is 3.83. The van der Waals surface area contributed by atoms with Gasteiger partial charge in [-0.25, -0.2) is 0 Å². The Morgan fingerprint density at radius 1 is 1.32 bits per heavy atom. The standard InChI is InChI=1S/C14H20ClN3O/c1-11-3-4-12(9-13(11)15)16-14(19)10-18-7-5-17(2)6-8-18/h3-4,9H,5-8,10H2,1-2H3,(H,16,19). The van der Waals surface area contributed by atoms with E-state index in [1.807, 2.05) is 19.1 Å². The van der Waals surface area contributed by atoms with Crippen molar-refractivity contribution < 1.29 is 4.79 Å². The molecular formula is C14H20ClN3O. The van der Waals surface area contributed by atoms with E-state index in [1.54, 1.807) is 6.07 Å². The van der Waals surface area contributed by atoms with E-state index < -0.39 is 0 Å². The maximum Gasteiger partial charge on any atom is 0.238 e. The largest absolute Gasteiger partial charge is 0.325 e. The first-order valence-electron chi connectivity index (χ1n) is 6.51. The summed E-state index contributed by atoms with van der Waals surface area (Å²) in [4.78, 5) is 16.4. The Morgan fingerprint density at radius 3 is 2.63 bits per heavy atom. The van der Waals surface area contributed by atoms with Gasteiger partial charge in [0.15, 0.2) is 0 Å². The second kappa shape index (κ2) is 6.37. The van der Waals surface area contributed by atoms with Crippen molar-refractivity contribution in [3.63, 3.8) is 0 Å². The Labute approximate surface area is 119 Å². The van der Waals surface area contributed by atoms with Crippen molar-refractivity contribution in [3.8, 4) is 0 Å². The highest BCUT2D eigenvalue weighted by molar-refractivity contribution is 6.31. The van der Waals surface area contributed by atoms with Crippen LogP contribution in [0.4, 0.5) is 5.69 Å². The zero-order valence-electron chi connectivity index (χ0n) is 11.4. The first-order valence-corrected chi connectivity index (χ1v) is 6.89. The van der Waals surface area contributed by atoms with Crippen LogP contribution in [-0.2, 0) is 4.79 Å². The van der Waals surface area contributed by atoms with Crippen molar-refractivity contribution in [3.05, 3.63) is 28.8 Å². The molecule has 0 aliphatic carbocycles. The average Bonchev–Trinajstić information content (AvgIpc) is 2.37. The quantitative estimate of drug-likeness (QED) is 0.918. The maximum absolute atomic E-state index is 11.9. The summed E-state index contributed by atoms with van der Waals surface area (Å²) >= 11 is 6.04. The minimum Gasteiger partial charge on any atom is -0.325 e. The van der Waals surface area contributed by atoms with Crippen LogP contribution in [0.25, 0.3) is 0 Å². The molecule has 1 amide bonds. The zero-order chi connectivity index (χ0) is 13.8. The molecule has 19 heavy (non-hydrogen) atoms. The number of likely N-dealkylation sites (N-methyl/N-ethyl adjacent to an activating group) is 1. The molecule has 1 N–H and O–H groups in total. The molecule has 1 aromatic carbocycles. The lowest BCUT2D eigenvalue weighted by Gasteiger charge is -2.31. The van der Waals surface area contributed by atoms with E-state index in [-0.39, 0.29) is 5.91 Å². The fraction of sp³-hybridized carbons (Fsp3) is 0.500. The SMILES string of the molecule is Cc1ccc(NC(=O)CN2CCN(C)CC2)cc1Cl. The molecule has 0 radical (unpaired) electrons. The number of halogens is 1. The van der Waals surface area contributed by atoms with Crippen molar-refractivity contribution in [2.45, 2.75) is 6.92 Å². The molecule has 4 nitrogen and oxygen atoms in total. The summed E-state index contributed by atoms with van der Waals surface area (Å²) in [7, 11) is 2.10. The number of nitrogens with one attached hydrogen (secondary N) is 1. The van der Waals surface area contributed by atoms with Crippen LogP contribution in [0.1, 0.15) is 5.56 Å². The van der Waals surface area contributed by atoms with Gasteiger partial charge in [0.2, 0.25) is 5.91 Å². The van der Waals surface area contributed by atoms with Crippen LogP contribution in [0.2, 0.25) is 5.02 Å². The number of benzene rings is 1. The molecular weight excluding hydrogens is 262 g/mol. The normalized spacial score (nSPS) is 17.4. The number of carbonyl (C=O) groups is 1. The Kier molecular flexibility index (Phi) is 4.80. The lowest BCUT2D eigenvalue weighted by molar-refractivity contribution is -0.117. The molecule has 0 spiro atoms. The van der Waals surface area contributed by atoms with Gasteiger partial charge in [0, 0.05) is 36.9 Å². The first-order chi connectivity index (χ1) is 9.04. The summed E-state index contributed by atoms with van der Waals surface area (Å²) in [6.45, 7) is 6.31. The number of piperazine rings is 1. The van der Waals surface area contributed by atoms with Gasteiger partial charge in [0.1, 0.15) is 0 Å². The molecule has 0 bridgehead atoms. The first kappa shape index (κ1) is 14.3.